The number of carbonyl (C=O) groups is 1. The maximum Gasteiger partial charge on any atom is 0.410 e. The Morgan fingerprint density at radius 2 is 1.84 bits per heavy atom. The summed E-state index contributed by atoms with van der Waals surface area (Å²) in [5, 5.41) is 3.48. The highest BCUT2D eigenvalue weighted by Gasteiger charge is 2.41. The lowest BCUT2D eigenvalue weighted by Crippen LogP contribution is -2.64. The van der Waals surface area contributed by atoms with Crippen molar-refractivity contribution >= 4 is 6.09 Å². The van der Waals surface area contributed by atoms with Crippen LogP contribution in [0, 0.1) is 0 Å². The molecule has 2 aliphatic heterocycles. The van der Waals surface area contributed by atoms with Gasteiger partial charge in [0.2, 0.25) is 0 Å². The Morgan fingerprint density at radius 1 is 1.21 bits per heavy atom. The highest BCUT2D eigenvalue weighted by Crippen LogP contribution is 2.29. The predicted octanol–water partition coefficient (Wildman–Crippen LogP) is 1.29. The van der Waals surface area contributed by atoms with E-state index in [2.05, 4.69) is 17.3 Å². The summed E-state index contributed by atoms with van der Waals surface area (Å²) >= 11 is 0. The van der Waals surface area contributed by atoms with Crippen LogP contribution in [0.2, 0.25) is 0 Å². The van der Waals surface area contributed by atoms with Crippen LogP contribution in [0.15, 0.2) is 0 Å². The Morgan fingerprint density at radius 3 is 2.37 bits per heavy atom. The van der Waals surface area contributed by atoms with Crippen molar-refractivity contribution in [2.24, 2.45) is 0 Å². The summed E-state index contributed by atoms with van der Waals surface area (Å²) in [5.41, 5.74) is -0.174. The number of piperidine rings is 1. The van der Waals surface area contributed by atoms with Gasteiger partial charge in [-0.1, -0.05) is 0 Å². The number of piperazine rings is 1. The van der Waals surface area contributed by atoms with E-state index in [1.54, 1.807) is 0 Å². The first kappa shape index (κ1) is 14.6. The molecule has 0 aromatic carbocycles. The fourth-order valence-corrected chi connectivity index (χ4v) is 2.93. The van der Waals surface area contributed by atoms with Crippen molar-refractivity contribution in [1.29, 1.82) is 0 Å². The molecule has 2 aliphatic rings. The summed E-state index contributed by atoms with van der Waals surface area (Å²) in [7, 11) is 2.20. The number of likely N-dealkylation sites (tertiary alicyclic amines) is 1. The van der Waals surface area contributed by atoms with Crippen molar-refractivity contribution < 1.29 is 9.53 Å². The molecule has 110 valence electrons. The Hall–Kier alpha value is -0.810. The van der Waals surface area contributed by atoms with Crippen LogP contribution in [-0.4, -0.2) is 66.8 Å². The van der Waals surface area contributed by atoms with Gasteiger partial charge >= 0.3 is 6.09 Å². The summed E-state index contributed by atoms with van der Waals surface area (Å²) < 4.78 is 5.44. The van der Waals surface area contributed by atoms with Gasteiger partial charge in [-0.3, -0.25) is 4.90 Å². The average Bonchev–Trinajstić information content (AvgIpc) is 2.32. The van der Waals surface area contributed by atoms with E-state index in [9.17, 15) is 4.79 Å². The Labute approximate surface area is 116 Å². The normalized spacial score (nSPS) is 24.5. The molecular weight excluding hydrogens is 242 g/mol. The third-order valence-electron chi connectivity index (χ3n) is 4.23. The Balaban J connectivity index is 1.90. The van der Waals surface area contributed by atoms with Crippen LogP contribution >= 0.6 is 0 Å². The number of ether oxygens (including phenoxy) is 1. The van der Waals surface area contributed by atoms with E-state index < -0.39 is 5.60 Å². The van der Waals surface area contributed by atoms with E-state index in [1.165, 1.54) is 0 Å². The summed E-state index contributed by atoms with van der Waals surface area (Å²) in [5.74, 6) is 0. The smallest absolute Gasteiger partial charge is 0.410 e. The lowest BCUT2D eigenvalue weighted by Gasteiger charge is -2.50. The van der Waals surface area contributed by atoms with Crippen LogP contribution in [0.4, 0.5) is 4.79 Å². The topological polar surface area (TPSA) is 44.8 Å². The van der Waals surface area contributed by atoms with Crippen molar-refractivity contribution in [2.75, 3.05) is 39.8 Å². The van der Waals surface area contributed by atoms with Gasteiger partial charge in [0.05, 0.1) is 0 Å². The molecule has 0 aromatic rings. The second kappa shape index (κ2) is 5.29. The maximum atomic E-state index is 12.0. The van der Waals surface area contributed by atoms with Gasteiger partial charge in [0.1, 0.15) is 5.60 Å². The molecule has 1 N–H and O–H groups in total. The monoisotopic (exact) mass is 269 g/mol. The van der Waals surface area contributed by atoms with Crippen molar-refractivity contribution in [3.63, 3.8) is 0 Å². The number of likely N-dealkylation sites (N-methyl/N-ethyl adjacent to an activating group) is 1. The molecular formula is C14H27N3O2. The zero-order valence-electron chi connectivity index (χ0n) is 12.7. The SMILES string of the molecule is CN1CCNCC12CCN(C(=O)OC(C)(C)C)CC2. The minimum Gasteiger partial charge on any atom is -0.444 e. The minimum atomic E-state index is -0.407. The van der Waals surface area contributed by atoms with E-state index in [0.717, 1.165) is 45.6 Å². The molecule has 2 heterocycles. The standard InChI is InChI=1S/C14H27N3O2/c1-13(2,3)19-12(18)17-8-5-14(6-9-17)11-15-7-10-16(14)4/h15H,5-11H2,1-4H3. The number of hydrogen-bond donors (Lipinski definition) is 1. The van der Waals surface area contributed by atoms with Crippen LogP contribution in [0.5, 0.6) is 0 Å². The molecule has 1 amide bonds. The molecule has 0 unspecified atom stereocenters. The Bertz CT molecular complexity index is 330. The minimum absolute atomic E-state index is 0.172. The van der Waals surface area contributed by atoms with E-state index in [1.807, 2.05) is 25.7 Å². The van der Waals surface area contributed by atoms with Crippen molar-refractivity contribution in [2.45, 2.75) is 44.8 Å². The molecule has 0 atom stereocenters. The van der Waals surface area contributed by atoms with Gasteiger partial charge in [-0.15, -0.1) is 0 Å². The van der Waals surface area contributed by atoms with Crippen molar-refractivity contribution in [3.05, 3.63) is 0 Å². The largest absolute Gasteiger partial charge is 0.444 e. The second-order valence-corrected chi connectivity index (χ2v) is 6.79. The predicted molar refractivity (Wildman–Crippen MR) is 75.3 cm³/mol. The zero-order chi connectivity index (χ0) is 14.1. The van der Waals surface area contributed by atoms with Crippen LogP contribution in [0.25, 0.3) is 0 Å². The number of nitrogens with zero attached hydrogens (tertiary/aromatic N) is 2. The van der Waals surface area contributed by atoms with Crippen molar-refractivity contribution in [3.8, 4) is 0 Å². The fraction of sp³-hybridized carbons (Fsp3) is 0.929. The van der Waals surface area contributed by atoms with E-state index in [0.29, 0.717) is 0 Å². The number of rotatable bonds is 0. The molecule has 5 nitrogen and oxygen atoms in total. The molecule has 2 saturated heterocycles. The molecule has 0 aliphatic carbocycles. The second-order valence-electron chi connectivity index (χ2n) is 6.79. The van der Waals surface area contributed by atoms with Gasteiger partial charge < -0.3 is 15.0 Å². The molecule has 0 saturated carbocycles. The van der Waals surface area contributed by atoms with E-state index in [-0.39, 0.29) is 11.6 Å². The molecule has 2 rings (SSSR count). The lowest BCUT2D eigenvalue weighted by molar-refractivity contribution is -0.00713. The zero-order valence-corrected chi connectivity index (χ0v) is 12.7. The lowest BCUT2D eigenvalue weighted by atomic mass is 9.84. The number of hydrogen-bond acceptors (Lipinski definition) is 4. The number of carbonyl (C=O) groups excluding carboxylic acids is 1. The maximum absolute atomic E-state index is 12.0. The first-order chi connectivity index (χ1) is 8.82. The number of nitrogens with one attached hydrogen (secondary N) is 1. The summed E-state index contributed by atoms with van der Waals surface area (Å²) in [6.45, 7) is 10.5. The van der Waals surface area contributed by atoms with Gasteiger partial charge in [-0.2, -0.15) is 0 Å². The molecule has 5 heteroatoms. The Kier molecular flexibility index (Phi) is 4.06. The molecule has 19 heavy (non-hydrogen) atoms. The number of amides is 1. The molecule has 0 aromatic heterocycles. The molecule has 1 spiro atoms. The van der Waals surface area contributed by atoms with Gasteiger partial charge in [0, 0.05) is 38.3 Å². The van der Waals surface area contributed by atoms with Crippen LogP contribution in [-0.2, 0) is 4.74 Å². The third kappa shape index (κ3) is 3.39. The quantitative estimate of drug-likeness (QED) is 0.720. The molecule has 2 fully saturated rings. The summed E-state index contributed by atoms with van der Waals surface area (Å²) in [4.78, 5) is 16.3. The van der Waals surface area contributed by atoms with Gasteiger partial charge in [-0.25, -0.2) is 4.79 Å². The first-order valence-electron chi connectivity index (χ1n) is 7.22. The highest BCUT2D eigenvalue weighted by molar-refractivity contribution is 5.68. The summed E-state index contributed by atoms with van der Waals surface area (Å²) in [6, 6.07) is 0. The van der Waals surface area contributed by atoms with Gasteiger partial charge in [0.25, 0.3) is 0 Å². The van der Waals surface area contributed by atoms with Crippen LogP contribution in [0.1, 0.15) is 33.6 Å². The van der Waals surface area contributed by atoms with Gasteiger partial charge in [-0.05, 0) is 40.7 Å². The molecule has 0 radical (unpaired) electrons. The first-order valence-corrected chi connectivity index (χ1v) is 7.22. The summed E-state index contributed by atoms with van der Waals surface area (Å²) in [6.07, 6.45) is 1.87. The van der Waals surface area contributed by atoms with Crippen LogP contribution < -0.4 is 5.32 Å². The average molecular weight is 269 g/mol. The van der Waals surface area contributed by atoms with E-state index >= 15 is 0 Å². The highest BCUT2D eigenvalue weighted by atomic mass is 16.6. The third-order valence-corrected chi connectivity index (χ3v) is 4.23. The van der Waals surface area contributed by atoms with Gasteiger partial charge in [0.15, 0.2) is 0 Å². The van der Waals surface area contributed by atoms with Crippen molar-refractivity contribution in [1.82, 2.24) is 15.1 Å². The van der Waals surface area contributed by atoms with Crippen LogP contribution in [0.3, 0.4) is 0 Å². The van der Waals surface area contributed by atoms with E-state index in [4.69, 9.17) is 4.74 Å². The molecule has 0 bridgehead atoms. The fourth-order valence-electron chi connectivity index (χ4n) is 2.93.